The number of nitrogens with zero attached hydrogens (tertiary/aromatic N) is 2. The lowest BCUT2D eigenvalue weighted by atomic mass is 10.1. The third-order valence-electron chi connectivity index (χ3n) is 6.02. The van der Waals surface area contributed by atoms with Crippen LogP contribution >= 0.6 is 11.8 Å². The highest BCUT2D eigenvalue weighted by atomic mass is 32.2. The first-order valence-electron chi connectivity index (χ1n) is 11.3. The number of thioether (sulfide) groups is 1. The molecule has 0 spiro atoms. The van der Waals surface area contributed by atoms with Gasteiger partial charge in [0.2, 0.25) is 0 Å². The zero-order valence-electron chi connectivity index (χ0n) is 18.9. The molecular weight excluding hydrogens is 418 g/mol. The lowest BCUT2D eigenvalue weighted by molar-refractivity contribution is 0.0948. The first-order valence-corrected chi connectivity index (χ1v) is 12.3. The molecule has 0 unspecified atom stereocenters. The van der Waals surface area contributed by atoms with Crippen molar-refractivity contribution in [1.29, 1.82) is 0 Å². The van der Waals surface area contributed by atoms with Gasteiger partial charge in [0.15, 0.2) is 0 Å². The van der Waals surface area contributed by atoms with E-state index in [1.807, 2.05) is 38.1 Å². The van der Waals surface area contributed by atoms with Crippen LogP contribution in [0.3, 0.4) is 0 Å². The molecule has 32 heavy (non-hydrogen) atoms. The van der Waals surface area contributed by atoms with E-state index in [4.69, 9.17) is 4.52 Å². The van der Waals surface area contributed by atoms with Crippen LogP contribution in [-0.2, 0) is 18.8 Å². The lowest BCUT2D eigenvalue weighted by Crippen LogP contribution is -2.29. The fourth-order valence-corrected chi connectivity index (χ4v) is 5.26. The maximum atomic E-state index is 12.9. The van der Waals surface area contributed by atoms with Crippen LogP contribution in [0.15, 0.2) is 57.9 Å². The zero-order chi connectivity index (χ0) is 22.3. The molecule has 0 saturated carbocycles. The fourth-order valence-electron chi connectivity index (χ4n) is 4.05. The molecule has 6 heteroatoms. The SMILES string of the molecule is Cc1noc(C)c1CSc1ccccc1C(=O)NCc1ccc(CN2CCCCC2)cc1. The Morgan fingerprint density at radius 1 is 1.03 bits per heavy atom. The smallest absolute Gasteiger partial charge is 0.252 e. The molecule has 4 rings (SSSR count). The van der Waals surface area contributed by atoms with Crippen LogP contribution in [-0.4, -0.2) is 29.1 Å². The molecule has 2 heterocycles. The number of hydrogen-bond acceptors (Lipinski definition) is 5. The van der Waals surface area contributed by atoms with Crippen molar-refractivity contribution in [1.82, 2.24) is 15.4 Å². The van der Waals surface area contributed by atoms with Gasteiger partial charge in [-0.3, -0.25) is 9.69 Å². The van der Waals surface area contributed by atoms with Gasteiger partial charge in [-0.25, -0.2) is 0 Å². The van der Waals surface area contributed by atoms with Gasteiger partial charge in [-0.1, -0.05) is 48.0 Å². The van der Waals surface area contributed by atoms with Gasteiger partial charge in [0, 0.05) is 29.3 Å². The van der Waals surface area contributed by atoms with E-state index in [2.05, 4.69) is 39.6 Å². The van der Waals surface area contributed by atoms with Gasteiger partial charge in [0.25, 0.3) is 5.91 Å². The minimum atomic E-state index is -0.0516. The van der Waals surface area contributed by atoms with Crippen molar-refractivity contribution in [3.05, 3.63) is 82.2 Å². The van der Waals surface area contributed by atoms with Crippen LogP contribution in [0, 0.1) is 13.8 Å². The molecule has 0 radical (unpaired) electrons. The summed E-state index contributed by atoms with van der Waals surface area (Å²) >= 11 is 1.64. The van der Waals surface area contributed by atoms with Crippen molar-refractivity contribution in [2.24, 2.45) is 0 Å². The van der Waals surface area contributed by atoms with Crippen molar-refractivity contribution in [2.45, 2.75) is 56.8 Å². The van der Waals surface area contributed by atoms with Gasteiger partial charge in [0.05, 0.1) is 11.3 Å². The van der Waals surface area contributed by atoms with E-state index < -0.39 is 0 Å². The molecule has 1 amide bonds. The summed E-state index contributed by atoms with van der Waals surface area (Å²) in [5.74, 6) is 1.51. The molecule has 5 nitrogen and oxygen atoms in total. The van der Waals surface area contributed by atoms with Crippen molar-refractivity contribution >= 4 is 17.7 Å². The van der Waals surface area contributed by atoms with E-state index in [1.54, 1.807) is 11.8 Å². The number of nitrogens with one attached hydrogen (secondary N) is 1. The Labute approximate surface area is 194 Å². The van der Waals surface area contributed by atoms with Gasteiger partial charge in [-0.05, 0) is 63.0 Å². The van der Waals surface area contributed by atoms with Crippen molar-refractivity contribution in [3.63, 3.8) is 0 Å². The molecule has 2 aromatic carbocycles. The highest BCUT2D eigenvalue weighted by Gasteiger charge is 2.15. The second-order valence-electron chi connectivity index (χ2n) is 8.42. The third kappa shape index (κ3) is 5.81. The average Bonchev–Trinajstić information content (AvgIpc) is 3.15. The normalized spacial score (nSPS) is 14.4. The Balaban J connectivity index is 1.33. The van der Waals surface area contributed by atoms with Crippen molar-refractivity contribution in [2.75, 3.05) is 13.1 Å². The zero-order valence-corrected chi connectivity index (χ0v) is 19.7. The largest absolute Gasteiger partial charge is 0.361 e. The summed E-state index contributed by atoms with van der Waals surface area (Å²) in [7, 11) is 0. The third-order valence-corrected chi connectivity index (χ3v) is 7.12. The molecule has 1 aliphatic heterocycles. The summed E-state index contributed by atoms with van der Waals surface area (Å²) in [4.78, 5) is 16.4. The van der Waals surface area contributed by atoms with Crippen LogP contribution in [0.4, 0.5) is 0 Å². The number of rotatable bonds is 8. The second kappa shape index (κ2) is 10.8. The molecule has 3 aromatic rings. The van der Waals surface area contributed by atoms with E-state index >= 15 is 0 Å². The highest BCUT2D eigenvalue weighted by molar-refractivity contribution is 7.98. The van der Waals surface area contributed by atoms with Gasteiger partial charge in [0.1, 0.15) is 5.76 Å². The van der Waals surface area contributed by atoms with E-state index in [0.717, 1.165) is 39.8 Å². The van der Waals surface area contributed by atoms with Gasteiger partial charge in [-0.15, -0.1) is 11.8 Å². The summed E-state index contributed by atoms with van der Waals surface area (Å²) in [5.41, 5.74) is 5.14. The van der Waals surface area contributed by atoms with E-state index in [1.165, 1.54) is 37.9 Å². The number of benzene rings is 2. The number of likely N-dealkylation sites (tertiary alicyclic amines) is 1. The van der Waals surface area contributed by atoms with Crippen LogP contribution in [0.25, 0.3) is 0 Å². The molecule has 1 fully saturated rings. The molecule has 0 atom stereocenters. The maximum Gasteiger partial charge on any atom is 0.252 e. The second-order valence-corrected chi connectivity index (χ2v) is 9.44. The monoisotopic (exact) mass is 449 g/mol. The predicted molar refractivity (Wildman–Crippen MR) is 129 cm³/mol. The van der Waals surface area contributed by atoms with Crippen molar-refractivity contribution in [3.8, 4) is 0 Å². The Bertz CT molecular complexity index is 1020. The van der Waals surface area contributed by atoms with Gasteiger partial charge < -0.3 is 9.84 Å². The minimum Gasteiger partial charge on any atom is -0.361 e. The molecule has 0 bridgehead atoms. The van der Waals surface area contributed by atoms with Crippen molar-refractivity contribution < 1.29 is 9.32 Å². The molecule has 0 aliphatic carbocycles. The minimum absolute atomic E-state index is 0.0516. The first kappa shape index (κ1) is 22.6. The summed E-state index contributed by atoms with van der Waals surface area (Å²) in [6, 6.07) is 16.4. The van der Waals surface area contributed by atoms with Crippen LogP contribution in [0.1, 0.15) is 57.8 Å². The van der Waals surface area contributed by atoms with E-state index in [-0.39, 0.29) is 5.91 Å². The topological polar surface area (TPSA) is 58.4 Å². The molecule has 1 aromatic heterocycles. The quantitative estimate of drug-likeness (QED) is 0.460. The Morgan fingerprint density at radius 2 is 1.75 bits per heavy atom. The number of hydrogen-bond donors (Lipinski definition) is 1. The number of amides is 1. The number of carbonyl (C=O) groups excluding carboxylic acids is 1. The van der Waals surface area contributed by atoms with Crippen LogP contribution in [0.5, 0.6) is 0 Å². The van der Waals surface area contributed by atoms with Gasteiger partial charge >= 0.3 is 0 Å². The Morgan fingerprint density at radius 3 is 2.47 bits per heavy atom. The van der Waals surface area contributed by atoms with Crippen LogP contribution < -0.4 is 5.32 Å². The highest BCUT2D eigenvalue weighted by Crippen LogP contribution is 2.28. The van der Waals surface area contributed by atoms with Crippen LogP contribution in [0.2, 0.25) is 0 Å². The number of aromatic nitrogens is 1. The Hall–Kier alpha value is -2.57. The molecule has 168 valence electrons. The number of carbonyl (C=O) groups is 1. The molecule has 1 aliphatic rings. The van der Waals surface area contributed by atoms with E-state index in [9.17, 15) is 4.79 Å². The average molecular weight is 450 g/mol. The molecule has 1 saturated heterocycles. The number of aryl methyl sites for hydroxylation is 2. The first-order chi connectivity index (χ1) is 15.6. The molecule has 1 N–H and O–H groups in total. The standard InChI is InChI=1S/C26H31N3O2S/c1-19-24(20(2)31-28-19)18-32-25-9-5-4-8-23(25)26(30)27-16-21-10-12-22(13-11-21)17-29-14-6-3-7-15-29/h4-5,8-13H,3,6-7,14-18H2,1-2H3,(H,27,30). The number of piperidine rings is 1. The summed E-state index contributed by atoms with van der Waals surface area (Å²) in [6.07, 6.45) is 3.97. The summed E-state index contributed by atoms with van der Waals surface area (Å²) in [5, 5.41) is 7.10. The predicted octanol–water partition coefficient (Wildman–Crippen LogP) is 5.50. The fraction of sp³-hybridized carbons (Fsp3) is 0.385. The van der Waals surface area contributed by atoms with Gasteiger partial charge in [-0.2, -0.15) is 0 Å². The maximum absolute atomic E-state index is 12.9. The van der Waals surface area contributed by atoms with E-state index in [0.29, 0.717) is 12.1 Å². The molecular formula is C26H31N3O2S. The summed E-state index contributed by atoms with van der Waals surface area (Å²) < 4.78 is 5.25. The Kier molecular flexibility index (Phi) is 7.66. The lowest BCUT2D eigenvalue weighted by Gasteiger charge is -2.26. The summed E-state index contributed by atoms with van der Waals surface area (Å²) in [6.45, 7) is 7.81.